The largest absolute Gasteiger partial charge is 0.354 e. The van der Waals surface area contributed by atoms with Gasteiger partial charge in [-0.1, -0.05) is 13.3 Å². The lowest BCUT2D eigenvalue weighted by molar-refractivity contribution is 0.180. The first kappa shape index (κ1) is 13.2. The summed E-state index contributed by atoms with van der Waals surface area (Å²) in [5, 5.41) is 3.80. The highest BCUT2D eigenvalue weighted by molar-refractivity contribution is 5.10. The molecule has 2 aliphatic heterocycles. The molecular formula is C16H27N3. The van der Waals surface area contributed by atoms with Crippen molar-refractivity contribution in [2.45, 2.75) is 64.2 Å². The van der Waals surface area contributed by atoms with Crippen LogP contribution in [0.4, 0.5) is 0 Å². The summed E-state index contributed by atoms with van der Waals surface area (Å²) in [7, 11) is 0. The molecule has 1 N–H and O–H groups in total. The Morgan fingerprint density at radius 3 is 3.11 bits per heavy atom. The number of aromatic nitrogens is 1. The van der Waals surface area contributed by atoms with Gasteiger partial charge in [-0.05, 0) is 43.9 Å². The Morgan fingerprint density at radius 2 is 2.21 bits per heavy atom. The Bertz CT molecular complexity index is 398. The zero-order valence-electron chi connectivity index (χ0n) is 12.1. The Balaban J connectivity index is 1.51. The normalized spacial score (nSPS) is 27.6. The molecule has 3 heteroatoms. The Morgan fingerprint density at radius 1 is 1.26 bits per heavy atom. The maximum absolute atomic E-state index is 3.80. The fourth-order valence-corrected chi connectivity index (χ4v) is 3.73. The van der Waals surface area contributed by atoms with Crippen LogP contribution in [0.1, 0.15) is 44.6 Å². The topological polar surface area (TPSA) is 20.2 Å². The molecule has 2 saturated heterocycles. The summed E-state index contributed by atoms with van der Waals surface area (Å²) < 4.78 is 2.30. The van der Waals surface area contributed by atoms with Crippen LogP contribution in [0, 0.1) is 0 Å². The number of hydrogen-bond acceptors (Lipinski definition) is 2. The monoisotopic (exact) mass is 261 g/mol. The Hall–Kier alpha value is -0.800. The third-order valence-electron chi connectivity index (χ3n) is 4.72. The van der Waals surface area contributed by atoms with E-state index in [0.29, 0.717) is 0 Å². The minimum absolute atomic E-state index is 0.717. The van der Waals surface area contributed by atoms with Gasteiger partial charge in [-0.2, -0.15) is 0 Å². The summed E-state index contributed by atoms with van der Waals surface area (Å²) in [6, 6.07) is 3.79. The second-order valence-corrected chi connectivity index (χ2v) is 6.13. The molecule has 0 saturated carbocycles. The molecule has 106 valence electrons. The summed E-state index contributed by atoms with van der Waals surface area (Å²) >= 11 is 0. The number of fused-ring (bicyclic) bond motifs is 1. The zero-order valence-corrected chi connectivity index (χ0v) is 12.1. The lowest BCUT2D eigenvalue weighted by Crippen LogP contribution is -2.44. The molecule has 2 aliphatic rings. The average Bonchev–Trinajstić information content (AvgIpc) is 3.04. The van der Waals surface area contributed by atoms with E-state index in [1.54, 1.807) is 0 Å². The molecule has 0 aromatic carbocycles. The van der Waals surface area contributed by atoms with E-state index in [1.165, 1.54) is 50.8 Å². The summed E-state index contributed by atoms with van der Waals surface area (Å²) in [6.45, 7) is 7.04. The number of nitrogens with zero attached hydrogens (tertiary/aromatic N) is 2. The van der Waals surface area contributed by atoms with Gasteiger partial charge in [0, 0.05) is 44.1 Å². The smallest absolute Gasteiger partial charge is 0.0249 e. The molecular weight excluding hydrogens is 234 g/mol. The molecule has 2 fully saturated rings. The van der Waals surface area contributed by atoms with E-state index >= 15 is 0 Å². The minimum Gasteiger partial charge on any atom is -0.354 e. The predicted octanol–water partition coefficient (Wildman–Crippen LogP) is 2.61. The van der Waals surface area contributed by atoms with E-state index in [4.69, 9.17) is 0 Å². The van der Waals surface area contributed by atoms with Gasteiger partial charge in [-0.15, -0.1) is 0 Å². The molecule has 0 radical (unpaired) electrons. The predicted molar refractivity (Wildman–Crippen MR) is 79.2 cm³/mol. The molecule has 1 aromatic rings. The van der Waals surface area contributed by atoms with Gasteiger partial charge in [0.25, 0.3) is 0 Å². The fraction of sp³-hybridized carbons (Fsp3) is 0.750. The molecule has 3 heterocycles. The van der Waals surface area contributed by atoms with Crippen molar-refractivity contribution in [3.63, 3.8) is 0 Å². The number of hydrogen-bond donors (Lipinski definition) is 1. The third kappa shape index (κ3) is 3.03. The molecule has 1 aromatic heterocycles. The molecule has 19 heavy (non-hydrogen) atoms. The van der Waals surface area contributed by atoms with Gasteiger partial charge in [-0.25, -0.2) is 0 Å². The Kier molecular flexibility index (Phi) is 4.24. The van der Waals surface area contributed by atoms with Crippen molar-refractivity contribution < 1.29 is 0 Å². The van der Waals surface area contributed by atoms with Crippen LogP contribution in [0.25, 0.3) is 0 Å². The number of aryl methyl sites for hydroxylation is 1. The van der Waals surface area contributed by atoms with Crippen molar-refractivity contribution in [1.29, 1.82) is 0 Å². The van der Waals surface area contributed by atoms with Crippen molar-refractivity contribution in [2.24, 2.45) is 0 Å². The fourth-order valence-electron chi connectivity index (χ4n) is 3.73. The lowest BCUT2D eigenvalue weighted by Gasteiger charge is -2.32. The number of rotatable bonds is 5. The highest BCUT2D eigenvalue weighted by atomic mass is 15.2. The van der Waals surface area contributed by atoms with E-state index in [2.05, 4.69) is 40.2 Å². The zero-order chi connectivity index (χ0) is 13.1. The van der Waals surface area contributed by atoms with Crippen LogP contribution in [-0.4, -0.2) is 34.6 Å². The maximum Gasteiger partial charge on any atom is 0.0249 e. The molecule has 2 unspecified atom stereocenters. The van der Waals surface area contributed by atoms with E-state index in [1.807, 2.05) is 0 Å². The van der Waals surface area contributed by atoms with Crippen molar-refractivity contribution in [3.05, 3.63) is 24.0 Å². The third-order valence-corrected chi connectivity index (χ3v) is 4.72. The maximum atomic E-state index is 3.80. The van der Waals surface area contributed by atoms with Crippen LogP contribution in [0.15, 0.2) is 18.5 Å². The first-order valence-corrected chi connectivity index (χ1v) is 7.99. The van der Waals surface area contributed by atoms with Crippen LogP contribution in [0.2, 0.25) is 0 Å². The van der Waals surface area contributed by atoms with E-state index in [0.717, 1.165) is 25.2 Å². The van der Waals surface area contributed by atoms with Crippen molar-refractivity contribution in [2.75, 3.05) is 13.1 Å². The number of piperidine rings is 1. The second-order valence-electron chi connectivity index (χ2n) is 6.13. The second kappa shape index (κ2) is 6.10. The summed E-state index contributed by atoms with van der Waals surface area (Å²) in [5.41, 5.74) is 1.43. The Labute approximate surface area is 117 Å². The number of nitrogens with one attached hydrogen (secondary N) is 1. The first-order chi connectivity index (χ1) is 9.36. The van der Waals surface area contributed by atoms with Crippen LogP contribution in [0.3, 0.4) is 0 Å². The minimum atomic E-state index is 0.717. The van der Waals surface area contributed by atoms with Crippen LogP contribution < -0.4 is 5.32 Å². The van der Waals surface area contributed by atoms with E-state index < -0.39 is 0 Å². The van der Waals surface area contributed by atoms with E-state index in [9.17, 15) is 0 Å². The van der Waals surface area contributed by atoms with Crippen LogP contribution >= 0.6 is 0 Å². The SMILES string of the molecule is CCCn1ccc(CNC2CCN3CCCCC23)c1. The summed E-state index contributed by atoms with van der Waals surface area (Å²) in [5.74, 6) is 0. The average molecular weight is 261 g/mol. The van der Waals surface area contributed by atoms with Gasteiger partial charge < -0.3 is 9.88 Å². The van der Waals surface area contributed by atoms with Gasteiger partial charge in [0.05, 0.1) is 0 Å². The summed E-state index contributed by atoms with van der Waals surface area (Å²) in [4.78, 5) is 2.70. The van der Waals surface area contributed by atoms with Crippen LogP contribution in [-0.2, 0) is 13.1 Å². The molecule has 3 rings (SSSR count). The van der Waals surface area contributed by atoms with Crippen molar-refractivity contribution >= 4 is 0 Å². The van der Waals surface area contributed by atoms with Gasteiger partial charge in [0.1, 0.15) is 0 Å². The van der Waals surface area contributed by atoms with Gasteiger partial charge in [0.2, 0.25) is 0 Å². The highest BCUT2D eigenvalue weighted by Gasteiger charge is 2.34. The molecule has 0 amide bonds. The quantitative estimate of drug-likeness (QED) is 0.879. The highest BCUT2D eigenvalue weighted by Crippen LogP contribution is 2.27. The van der Waals surface area contributed by atoms with Crippen LogP contribution in [0.5, 0.6) is 0 Å². The summed E-state index contributed by atoms with van der Waals surface area (Å²) in [6.07, 6.45) is 11.3. The molecule has 0 spiro atoms. The lowest BCUT2D eigenvalue weighted by atomic mass is 9.99. The van der Waals surface area contributed by atoms with Gasteiger partial charge >= 0.3 is 0 Å². The van der Waals surface area contributed by atoms with Gasteiger partial charge in [-0.3, -0.25) is 4.90 Å². The van der Waals surface area contributed by atoms with Crippen molar-refractivity contribution in [3.8, 4) is 0 Å². The van der Waals surface area contributed by atoms with E-state index in [-0.39, 0.29) is 0 Å². The van der Waals surface area contributed by atoms with Crippen molar-refractivity contribution in [1.82, 2.24) is 14.8 Å². The van der Waals surface area contributed by atoms with Gasteiger partial charge in [0.15, 0.2) is 0 Å². The standard InChI is InChI=1S/C16H27N3/c1-2-8-18-10-6-14(13-18)12-17-15-7-11-19-9-4-3-5-16(15)19/h6,10,13,15-17H,2-5,7-9,11-12H2,1H3. The first-order valence-electron chi connectivity index (χ1n) is 7.99. The molecule has 0 bridgehead atoms. The molecule has 3 nitrogen and oxygen atoms in total. The molecule has 0 aliphatic carbocycles. The molecule has 2 atom stereocenters.